The van der Waals surface area contributed by atoms with Crippen molar-refractivity contribution in [2.75, 3.05) is 0 Å². The molecular formula is C15H13BrFNOS. The zero-order valence-corrected chi connectivity index (χ0v) is 13.1. The summed E-state index contributed by atoms with van der Waals surface area (Å²) < 4.78 is 14.6. The molecule has 0 N–H and O–H groups in total. The third-order valence-corrected chi connectivity index (χ3v) is 4.67. The van der Waals surface area contributed by atoms with E-state index in [1.807, 2.05) is 17.5 Å². The van der Waals surface area contributed by atoms with Crippen LogP contribution in [0.4, 0.5) is 4.39 Å². The number of carbonyl (C=O) groups excluding carboxylic acids is 1. The van der Waals surface area contributed by atoms with Crippen LogP contribution in [0.25, 0.3) is 0 Å². The lowest BCUT2D eigenvalue weighted by molar-refractivity contribution is 0.0727. The summed E-state index contributed by atoms with van der Waals surface area (Å²) in [6.07, 6.45) is 2.01. The van der Waals surface area contributed by atoms with E-state index in [2.05, 4.69) is 15.9 Å². The van der Waals surface area contributed by atoms with Gasteiger partial charge in [-0.3, -0.25) is 4.79 Å². The molecule has 1 aromatic carbocycles. The number of halogens is 2. The number of amides is 1. The Morgan fingerprint density at radius 2 is 2.20 bits per heavy atom. The van der Waals surface area contributed by atoms with Gasteiger partial charge < -0.3 is 4.90 Å². The zero-order valence-electron chi connectivity index (χ0n) is 10.7. The standard InChI is InChI=1S/C15H13BrFNOS/c16-10-3-6-14(17)13(8-10)15(19)18(11-4-5-11)9-12-2-1-7-20-12/h1-3,6-8,11H,4-5,9H2. The van der Waals surface area contributed by atoms with Crippen LogP contribution in [0.15, 0.2) is 40.2 Å². The first kappa shape index (κ1) is 13.8. The van der Waals surface area contributed by atoms with Crippen LogP contribution >= 0.6 is 27.3 Å². The zero-order chi connectivity index (χ0) is 14.1. The first-order chi connectivity index (χ1) is 9.65. The highest BCUT2D eigenvalue weighted by Gasteiger charge is 2.34. The average Bonchev–Trinajstić information content (AvgIpc) is 3.15. The summed E-state index contributed by atoms with van der Waals surface area (Å²) in [4.78, 5) is 15.5. The fraction of sp³-hybridized carbons (Fsp3) is 0.267. The molecule has 1 amide bonds. The first-order valence-corrected chi connectivity index (χ1v) is 8.11. The van der Waals surface area contributed by atoms with Crippen molar-refractivity contribution in [1.29, 1.82) is 0 Å². The van der Waals surface area contributed by atoms with E-state index in [1.54, 1.807) is 28.4 Å². The maximum atomic E-state index is 13.9. The van der Waals surface area contributed by atoms with Crippen molar-refractivity contribution in [2.24, 2.45) is 0 Å². The molecule has 3 rings (SSSR count). The predicted octanol–water partition coefficient (Wildman–Crippen LogP) is 4.45. The summed E-state index contributed by atoms with van der Waals surface area (Å²) in [7, 11) is 0. The number of nitrogens with zero attached hydrogens (tertiary/aromatic N) is 1. The lowest BCUT2D eigenvalue weighted by atomic mass is 10.2. The van der Waals surface area contributed by atoms with Crippen LogP contribution in [0.1, 0.15) is 28.1 Å². The molecule has 0 bridgehead atoms. The Morgan fingerprint density at radius 3 is 2.85 bits per heavy atom. The average molecular weight is 354 g/mol. The Kier molecular flexibility index (Phi) is 3.89. The van der Waals surface area contributed by atoms with Gasteiger partial charge in [0.15, 0.2) is 0 Å². The number of rotatable bonds is 4. The van der Waals surface area contributed by atoms with Gasteiger partial charge >= 0.3 is 0 Å². The van der Waals surface area contributed by atoms with Crippen molar-refractivity contribution in [3.63, 3.8) is 0 Å². The van der Waals surface area contributed by atoms with Gasteiger partial charge in [0, 0.05) is 15.4 Å². The molecule has 1 aromatic heterocycles. The lowest BCUT2D eigenvalue weighted by Crippen LogP contribution is -2.32. The Labute approximate surface area is 129 Å². The number of hydrogen-bond donors (Lipinski definition) is 0. The van der Waals surface area contributed by atoms with Gasteiger partial charge in [0.2, 0.25) is 0 Å². The summed E-state index contributed by atoms with van der Waals surface area (Å²) in [6.45, 7) is 0.563. The fourth-order valence-corrected chi connectivity index (χ4v) is 3.20. The van der Waals surface area contributed by atoms with E-state index in [4.69, 9.17) is 0 Å². The minimum absolute atomic E-state index is 0.142. The lowest BCUT2D eigenvalue weighted by Gasteiger charge is -2.22. The summed E-state index contributed by atoms with van der Waals surface area (Å²) in [5, 5.41) is 1.99. The maximum absolute atomic E-state index is 13.9. The largest absolute Gasteiger partial charge is 0.330 e. The van der Waals surface area contributed by atoms with E-state index in [1.165, 1.54) is 6.07 Å². The number of benzene rings is 1. The van der Waals surface area contributed by atoms with Crippen molar-refractivity contribution in [1.82, 2.24) is 4.90 Å². The molecule has 0 aliphatic heterocycles. The van der Waals surface area contributed by atoms with Crippen molar-refractivity contribution in [3.8, 4) is 0 Å². The third-order valence-electron chi connectivity index (χ3n) is 3.31. The van der Waals surface area contributed by atoms with Gasteiger partial charge in [-0.15, -0.1) is 11.3 Å². The topological polar surface area (TPSA) is 20.3 Å². The van der Waals surface area contributed by atoms with Crippen molar-refractivity contribution < 1.29 is 9.18 Å². The molecule has 1 fully saturated rings. The summed E-state index contributed by atoms with van der Waals surface area (Å²) in [5.74, 6) is -0.685. The molecule has 2 nitrogen and oxygen atoms in total. The van der Waals surface area contributed by atoms with Crippen LogP contribution < -0.4 is 0 Å². The Hall–Kier alpha value is -1.20. The van der Waals surface area contributed by atoms with Crippen molar-refractivity contribution >= 4 is 33.2 Å². The highest BCUT2D eigenvalue weighted by molar-refractivity contribution is 9.10. The Bertz CT molecular complexity index is 625. The Morgan fingerprint density at radius 1 is 1.40 bits per heavy atom. The molecule has 5 heteroatoms. The molecule has 0 spiro atoms. The van der Waals surface area contributed by atoms with E-state index < -0.39 is 5.82 Å². The quantitative estimate of drug-likeness (QED) is 0.794. The molecule has 0 atom stereocenters. The van der Waals surface area contributed by atoms with Crippen LogP contribution in [0.5, 0.6) is 0 Å². The van der Waals surface area contributed by atoms with Crippen LogP contribution in [-0.2, 0) is 6.54 Å². The molecule has 0 unspecified atom stereocenters. The molecule has 20 heavy (non-hydrogen) atoms. The van der Waals surface area contributed by atoms with Crippen LogP contribution in [0, 0.1) is 5.82 Å². The van der Waals surface area contributed by atoms with Crippen LogP contribution in [-0.4, -0.2) is 16.8 Å². The third kappa shape index (κ3) is 2.94. The number of thiophene rings is 1. The van der Waals surface area contributed by atoms with Gasteiger partial charge in [-0.25, -0.2) is 4.39 Å². The molecule has 104 valence electrons. The molecule has 1 heterocycles. The minimum Gasteiger partial charge on any atom is -0.330 e. The van der Waals surface area contributed by atoms with E-state index >= 15 is 0 Å². The molecule has 2 aromatic rings. The van der Waals surface area contributed by atoms with Gasteiger partial charge in [0.1, 0.15) is 5.82 Å². The van der Waals surface area contributed by atoms with Crippen LogP contribution in [0.2, 0.25) is 0 Å². The van der Waals surface area contributed by atoms with Crippen molar-refractivity contribution in [3.05, 3.63) is 56.4 Å². The number of carbonyl (C=O) groups is 1. The van der Waals surface area contributed by atoms with Gasteiger partial charge in [-0.2, -0.15) is 0 Å². The van der Waals surface area contributed by atoms with E-state index in [9.17, 15) is 9.18 Å². The van der Waals surface area contributed by atoms with Gasteiger partial charge in [0.25, 0.3) is 5.91 Å². The highest BCUT2D eigenvalue weighted by atomic mass is 79.9. The van der Waals surface area contributed by atoms with E-state index in [0.717, 1.165) is 17.7 Å². The molecule has 1 saturated carbocycles. The molecule has 1 aliphatic carbocycles. The van der Waals surface area contributed by atoms with Gasteiger partial charge in [-0.1, -0.05) is 22.0 Å². The van der Waals surface area contributed by atoms with Crippen LogP contribution in [0.3, 0.4) is 0 Å². The molecule has 0 radical (unpaired) electrons. The smallest absolute Gasteiger partial charge is 0.257 e. The monoisotopic (exact) mass is 353 g/mol. The number of hydrogen-bond acceptors (Lipinski definition) is 2. The molecule has 0 saturated heterocycles. The second kappa shape index (κ2) is 5.66. The predicted molar refractivity (Wildman–Crippen MR) is 81.3 cm³/mol. The molecular weight excluding hydrogens is 341 g/mol. The summed E-state index contributed by atoms with van der Waals surface area (Å²) >= 11 is 4.91. The second-order valence-corrected chi connectivity index (χ2v) is 6.82. The normalized spacial score (nSPS) is 14.3. The maximum Gasteiger partial charge on any atom is 0.257 e. The Balaban J connectivity index is 1.87. The van der Waals surface area contributed by atoms with Crippen molar-refractivity contribution in [2.45, 2.75) is 25.4 Å². The van der Waals surface area contributed by atoms with E-state index in [-0.39, 0.29) is 17.5 Å². The van der Waals surface area contributed by atoms with Gasteiger partial charge in [-0.05, 0) is 42.5 Å². The highest BCUT2D eigenvalue weighted by Crippen LogP contribution is 2.31. The molecule has 1 aliphatic rings. The summed E-state index contributed by atoms with van der Waals surface area (Å²) in [6, 6.07) is 8.71. The fourth-order valence-electron chi connectivity index (χ4n) is 2.14. The SMILES string of the molecule is O=C(c1cc(Br)ccc1F)N(Cc1cccs1)C1CC1. The first-order valence-electron chi connectivity index (χ1n) is 6.43. The van der Waals surface area contributed by atoms with Gasteiger partial charge in [0.05, 0.1) is 12.1 Å². The second-order valence-electron chi connectivity index (χ2n) is 4.87. The summed E-state index contributed by atoms with van der Waals surface area (Å²) in [5.41, 5.74) is 0.142. The van der Waals surface area contributed by atoms with E-state index in [0.29, 0.717) is 11.0 Å². The minimum atomic E-state index is -0.463.